The van der Waals surface area contributed by atoms with Crippen LogP contribution in [0.15, 0.2) is 12.1 Å². The quantitative estimate of drug-likeness (QED) is 0.618. The summed E-state index contributed by atoms with van der Waals surface area (Å²) in [7, 11) is 0. The summed E-state index contributed by atoms with van der Waals surface area (Å²) in [6.07, 6.45) is 0. The van der Waals surface area contributed by atoms with Gasteiger partial charge in [0.05, 0.1) is 5.52 Å². The lowest BCUT2D eigenvalue weighted by molar-refractivity contribution is 1.12. The molecule has 0 radical (unpaired) electrons. The van der Waals surface area contributed by atoms with Crippen LogP contribution in [0.4, 0.5) is 5.82 Å². The van der Waals surface area contributed by atoms with Gasteiger partial charge in [-0.05, 0) is 31.0 Å². The number of aryl methyl sites for hydroxylation is 2. The van der Waals surface area contributed by atoms with E-state index in [0.29, 0.717) is 5.82 Å². The highest BCUT2D eigenvalue weighted by molar-refractivity contribution is 5.91. The third-order valence-electron chi connectivity index (χ3n) is 2.30. The molecule has 0 aliphatic rings. The fourth-order valence-electron chi connectivity index (χ4n) is 1.35. The number of hydrogen-bond donors (Lipinski definition) is 2. The Bertz CT molecular complexity index is 429. The van der Waals surface area contributed by atoms with E-state index in [1.54, 1.807) is 0 Å². The fourth-order valence-corrected chi connectivity index (χ4v) is 1.35. The van der Waals surface area contributed by atoms with E-state index in [1.165, 1.54) is 11.1 Å². The van der Waals surface area contributed by atoms with Crippen molar-refractivity contribution in [3.05, 3.63) is 23.3 Å². The standard InChI is InChI=1S/C9H11N3/c1-5-3-4-7-8(6(5)2)11-12-9(7)10/h3-4H,1-2H3,(H3,10,11,12). The summed E-state index contributed by atoms with van der Waals surface area (Å²) >= 11 is 0. The zero-order valence-corrected chi connectivity index (χ0v) is 7.18. The number of nitrogens with one attached hydrogen (secondary N) is 1. The van der Waals surface area contributed by atoms with Gasteiger partial charge >= 0.3 is 0 Å². The number of nitrogen functional groups attached to an aromatic ring is 1. The highest BCUT2D eigenvalue weighted by atomic mass is 15.1. The minimum absolute atomic E-state index is 0.577. The molecule has 62 valence electrons. The van der Waals surface area contributed by atoms with Gasteiger partial charge in [-0.25, -0.2) is 0 Å². The Labute approximate surface area is 70.6 Å². The normalized spacial score (nSPS) is 10.8. The first-order valence-corrected chi connectivity index (χ1v) is 3.90. The van der Waals surface area contributed by atoms with E-state index < -0.39 is 0 Å². The Balaban J connectivity index is 2.93. The molecule has 0 saturated carbocycles. The lowest BCUT2D eigenvalue weighted by atomic mass is 10.1. The largest absolute Gasteiger partial charge is 0.382 e. The molecule has 0 aliphatic carbocycles. The number of H-pyrrole nitrogens is 1. The van der Waals surface area contributed by atoms with Crippen LogP contribution in [0.3, 0.4) is 0 Å². The average Bonchev–Trinajstić information content (AvgIpc) is 2.41. The molecule has 3 nitrogen and oxygen atoms in total. The van der Waals surface area contributed by atoms with Crippen molar-refractivity contribution in [3.63, 3.8) is 0 Å². The topological polar surface area (TPSA) is 54.7 Å². The van der Waals surface area contributed by atoms with Crippen molar-refractivity contribution in [2.75, 3.05) is 5.73 Å². The van der Waals surface area contributed by atoms with Crippen molar-refractivity contribution in [1.29, 1.82) is 0 Å². The highest BCUT2D eigenvalue weighted by Gasteiger charge is 2.04. The molecule has 1 heterocycles. The van der Waals surface area contributed by atoms with Crippen LogP contribution in [-0.2, 0) is 0 Å². The number of nitrogens with two attached hydrogens (primary N) is 1. The van der Waals surface area contributed by atoms with Gasteiger partial charge in [0.15, 0.2) is 5.82 Å². The Kier molecular flexibility index (Phi) is 1.33. The van der Waals surface area contributed by atoms with E-state index in [9.17, 15) is 0 Å². The number of benzene rings is 1. The molecule has 1 aromatic carbocycles. The van der Waals surface area contributed by atoms with E-state index in [4.69, 9.17) is 5.73 Å². The third kappa shape index (κ3) is 0.794. The monoisotopic (exact) mass is 161 g/mol. The van der Waals surface area contributed by atoms with E-state index >= 15 is 0 Å². The van der Waals surface area contributed by atoms with Crippen molar-refractivity contribution < 1.29 is 0 Å². The fraction of sp³-hybridized carbons (Fsp3) is 0.222. The van der Waals surface area contributed by atoms with Crippen LogP contribution in [0, 0.1) is 13.8 Å². The van der Waals surface area contributed by atoms with Crippen LogP contribution in [0.5, 0.6) is 0 Å². The zero-order valence-electron chi connectivity index (χ0n) is 7.18. The van der Waals surface area contributed by atoms with Crippen molar-refractivity contribution in [3.8, 4) is 0 Å². The maximum absolute atomic E-state index is 5.65. The molecule has 3 N–H and O–H groups in total. The molecule has 0 amide bonds. The molecule has 0 atom stereocenters. The number of rotatable bonds is 0. The predicted molar refractivity (Wildman–Crippen MR) is 50.0 cm³/mol. The van der Waals surface area contributed by atoms with Gasteiger partial charge in [0.25, 0.3) is 0 Å². The van der Waals surface area contributed by atoms with Gasteiger partial charge in [0, 0.05) is 5.39 Å². The molecule has 12 heavy (non-hydrogen) atoms. The van der Waals surface area contributed by atoms with E-state index in [1.807, 2.05) is 6.07 Å². The van der Waals surface area contributed by atoms with Crippen LogP contribution in [-0.4, -0.2) is 10.2 Å². The molecule has 2 aromatic rings. The third-order valence-corrected chi connectivity index (χ3v) is 2.30. The van der Waals surface area contributed by atoms with Crippen LogP contribution in [0.2, 0.25) is 0 Å². The number of aromatic amines is 1. The number of aromatic nitrogens is 2. The summed E-state index contributed by atoms with van der Waals surface area (Å²) in [6, 6.07) is 4.06. The van der Waals surface area contributed by atoms with E-state index in [2.05, 4.69) is 30.1 Å². The van der Waals surface area contributed by atoms with Gasteiger partial charge in [-0.2, -0.15) is 5.10 Å². The molecule has 0 bridgehead atoms. The summed E-state index contributed by atoms with van der Waals surface area (Å²) in [6.45, 7) is 4.14. The Hall–Kier alpha value is -1.51. The molecular weight excluding hydrogens is 150 g/mol. The lowest BCUT2D eigenvalue weighted by Crippen LogP contribution is -1.84. The second kappa shape index (κ2) is 2.24. The summed E-state index contributed by atoms with van der Waals surface area (Å²) in [5.74, 6) is 0.577. The van der Waals surface area contributed by atoms with Gasteiger partial charge in [-0.3, -0.25) is 5.10 Å². The Morgan fingerprint density at radius 2 is 2.08 bits per heavy atom. The summed E-state index contributed by atoms with van der Waals surface area (Å²) < 4.78 is 0. The maximum Gasteiger partial charge on any atom is 0.153 e. The van der Waals surface area contributed by atoms with E-state index in [0.717, 1.165) is 10.9 Å². The molecule has 0 fully saturated rings. The average molecular weight is 161 g/mol. The molecule has 3 heteroatoms. The van der Waals surface area contributed by atoms with Gasteiger partial charge < -0.3 is 5.73 Å². The van der Waals surface area contributed by atoms with Crippen molar-refractivity contribution in [2.45, 2.75) is 13.8 Å². The first-order chi connectivity index (χ1) is 5.70. The molecular formula is C9H11N3. The number of fused-ring (bicyclic) bond motifs is 1. The molecule has 0 aliphatic heterocycles. The molecule has 0 saturated heterocycles. The second-order valence-corrected chi connectivity index (χ2v) is 3.04. The lowest BCUT2D eigenvalue weighted by Gasteiger charge is -1.99. The SMILES string of the molecule is Cc1ccc2c(N)n[nH]c2c1C. The maximum atomic E-state index is 5.65. The predicted octanol–water partition coefficient (Wildman–Crippen LogP) is 1.76. The smallest absolute Gasteiger partial charge is 0.153 e. The Morgan fingerprint density at radius 3 is 2.83 bits per heavy atom. The minimum Gasteiger partial charge on any atom is -0.382 e. The summed E-state index contributed by atoms with van der Waals surface area (Å²) in [5, 5.41) is 7.88. The van der Waals surface area contributed by atoms with Crippen LogP contribution in [0.1, 0.15) is 11.1 Å². The van der Waals surface area contributed by atoms with Gasteiger partial charge in [0.2, 0.25) is 0 Å². The summed E-state index contributed by atoms with van der Waals surface area (Å²) in [5.41, 5.74) is 9.18. The zero-order chi connectivity index (χ0) is 8.72. The van der Waals surface area contributed by atoms with Crippen LogP contribution in [0.25, 0.3) is 10.9 Å². The van der Waals surface area contributed by atoms with Crippen molar-refractivity contribution in [2.24, 2.45) is 0 Å². The van der Waals surface area contributed by atoms with Crippen LogP contribution >= 0.6 is 0 Å². The van der Waals surface area contributed by atoms with Gasteiger partial charge in [0.1, 0.15) is 0 Å². The molecule has 0 spiro atoms. The van der Waals surface area contributed by atoms with Crippen molar-refractivity contribution >= 4 is 16.7 Å². The van der Waals surface area contributed by atoms with Gasteiger partial charge in [-0.15, -0.1) is 0 Å². The molecule has 0 unspecified atom stereocenters. The second-order valence-electron chi connectivity index (χ2n) is 3.04. The summed E-state index contributed by atoms with van der Waals surface area (Å²) in [4.78, 5) is 0. The molecule has 1 aromatic heterocycles. The van der Waals surface area contributed by atoms with Crippen LogP contribution < -0.4 is 5.73 Å². The van der Waals surface area contributed by atoms with Gasteiger partial charge in [-0.1, -0.05) is 6.07 Å². The number of nitrogens with zero attached hydrogens (tertiary/aromatic N) is 1. The van der Waals surface area contributed by atoms with Crippen molar-refractivity contribution in [1.82, 2.24) is 10.2 Å². The first kappa shape index (κ1) is 7.16. The number of hydrogen-bond acceptors (Lipinski definition) is 2. The molecule has 2 rings (SSSR count). The Morgan fingerprint density at radius 1 is 1.33 bits per heavy atom. The minimum atomic E-state index is 0.577. The number of anilines is 1. The van der Waals surface area contributed by atoms with E-state index in [-0.39, 0.29) is 0 Å². The highest BCUT2D eigenvalue weighted by Crippen LogP contribution is 2.22. The first-order valence-electron chi connectivity index (χ1n) is 3.90.